The van der Waals surface area contributed by atoms with Gasteiger partial charge < -0.3 is 19.7 Å². The smallest absolute Gasteiger partial charge is 0.174 e. The third kappa shape index (κ3) is 3.50. The van der Waals surface area contributed by atoms with Gasteiger partial charge >= 0.3 is 0 Å². The lowest BCUT2D eigenvalue weighted by molar-refractivity contribution is 0.0842. The molecule has 0 amide bonds. The number of methoxy groups -OCH3 is 1. The second kappa shape index (κ2) is 7.35. The van der Waals surface area contributed by atoms with Gasteiger partial charge in [-0.05, 0) is 44.9 Å². The number of phenols is 2. The van der Waals surface area contributed by atoms with Crippen LogP contribution in [0.5, 0.6) is 23.0 Å². The van der Waals surface area contributed by atoms with Crippen LogP contribution < -0.4 is 9.47 Å². The van der Waals surface area contributed by atoms with Crippen LogP contribution in [0.4, 0.5) is 0 Å². The molecule has 0 aliphatic carbocycles. The number of fused-ring (bicyclic) bond motifs is 1. The molecule has 27 heavy (non-hydrogen) atoms. The van der Waals surface area contributed by atoms with E-state index in [2.05, 4.69) is 0 Å². The Morgan fingerprint density at radius 1 is 1.22 bits per heavy atom. The van der Waals surface area contributed by atoms with Crippen LogP contribution in [-0.4, -0.2) is 23.1 Å². The molecule has 0 fully saturated rings. The third-order valence-electron chi connectivity index (χ3n) is 4.85. The van der Waals surface area contributed by atoms with E-state index in [0.717, 1.165) is 16.9 Å². The predicted molar refractivity (Wildman–Crippen MR) is 103 cm³/mol. The molecule has 142 valence electrons. The maximum absolute atomic E-state index is 12.8. The highest BCUT2D eigenvalue weighted by Gasteiger charge is 2.34. The van der Waals surface area contributed by atoms with E-state index in [9.17, 15) is 15.0 Å². The fraction of sp³-hybridized carbons (Fsp3) is 0.318. The summed E-state index contributed by atoms with van der Waals surface area (Å²) in [6, 6.07) is 7.33. The number of ether oxygens (including phenoxy) is 2. The highest BCUT2D eigenvalue weighted by molar-refractivity contribution is 6.04. The summed E-state index contributed by atoms with van der Waals surface area (Å²) in [5.41, 5.74) is 2.90. The number of carbonyl (C=O) groups is 1. The van der Waals surface area contributed by atoms with Crippen molar-refractivity contribution < 1.29 is 24.5 Å². The first-order chi connectivity index (χ1) is 12.8. The van der Waals surface area contributed by atoms with Crippen LogP contribution in [-0.2, 0) is 6.42 Å². The van der Waals surface area contributed by atoms with Crippen molar-refractivity contribution in [2.45, 2.75) is 39.7 Å². The first kappa shape index (κ1) is 18.8. The predicted octanol–water partition coefficient (Wildman–Crippen LogP) is 4.63. The van der Waals surface area contributed by atoms with Crippen molar-refractivity contribution in [2.24, 2.45) is 0 Å². The van der Waals surface area contributed by atoms with Gasteiger partial charge in [-0.25, -0.2) is 0 Å². The quantitative estimate of drug-likeness (QED) is 0.770. The normalized spacial score (nSPS) is 15.7. The number of carbonyl (C=O) groups excluding carboxylic acids is 1. The Kier molecular flexibility index (Phi) is 5.13. The van der Waals surface area contributed by atoms with Crippen LogP contribution >= 0.6 is 0 Å². The number of allylic oxidation sites excluding steroid dienone is 2. The fourth-order valence-corrected chi connectivity index (χ4v) is 3.24. The van der Waals surface area contributed by atoms with Gasteiger partial charge in [0.25, 0.3) is 0 Å². The topological polar surface area (TPSA) is 76.0 Å². The third-order valence-corrected chi connectivity index (χ3v) is 4.85. The Bertz CT molecular complexity index is 906. The van der Waals surface area contributed by atoms with Crippen molar-refractivity contribution >= 4 is 5.78 Å². The number of hydrogen-bond donors (Lipinski definition) is 2. The van der Waals surface area contributed by atoms with E-state index >= 15 is 0 Å². The van der Waals surface area contributed by atoms with Crippen molar-refractivity contribution in [1.82, 2.24) is 0 Å². The van der Waals surface area contributed by atoms with E-state index in [1.165, 1.54) is 0 Å². The molecule has 1 atom stereocenters. The minimum absolute atomic E-state index is 0.0352. The minimum atomic E-state index is -0.483. The van der Waals surface area contributed by atoms with Gasteiger partial charge in [0, 0.05) is 11.1 Å². The fourth-order valence-electron chi connectivity index (χ4n) is 3.24. The largest absolute Gasteiger partial charge is 0.507 e. The van der Waals surface area contributed by atoms with Gasteiger partial charge in [-0.2, -0.15) is 0 Å². The molecule has 0 radical (unpaired) electrons. The average molecular weight is 368 g/mol. The maximum atomic E-state index is 12.8. The molecule has 0 aromatic heterocycles. The summed E-state index contributed by atoms with van der Waals surface area (Å²) in [5, 5.41) is 21.0. The van der Waals surface area contributed by atoms with E-state index in [1.807, 2.05) is 44.2 Å². The highest BCUT2D eigenvalue weighted by Crippen LogP contribution is 2.48. The van der Waals surface area contributed by atoms with Gasteiger partial charge in [-0.1, -0.05) is 23.8 Å². The average Bonchev–Trinajstić information content (AvgIpc) is 2.65. The lowest BCUT2D eigenvalue weighted by Gasteiger charge is -2.29. The zero-order valence-corrected chi connectivity index (χ0v) is 16.0. The Morgan fingerprint density at radius 3 is 2.48 bits per heavy atom. The molecule has 0 saturated heterocycles. The van der Waals surface area contributed by atoms with Gasteiger partial charge in [-0.3, -0.25) is 4.79 Å². The number of Topliss-reactive ketones (excluding diaryl/α,β-unsaturated/α-hetero) is 1. The summed E-state index contributed by atoms with van der Waals surface area (Å²) in [7, 11) is 1.59. The molecule has 0 bridgehead atoms. The highest BCUT2D eigenvalue weighted by atomic mass is 16.5. The molecule has 0 unspecified atom stereocenters. The molecule has 1 aliphatic rings. The second-order valence-electron chi connectivity index (χ2n) is 7.00. The number of phenolic OH excluding ortho intramolecular Hbond substituents is 2. The lowest BCUT2D eigenvalue weighted by atomic mass is 9.90. The number of aromatic hydroxyl groups is 2. The van der Waals surface area contributed by atoms with Gasteiger partial charge in [0.2, 0.25) is 0 Å². The van der Waals surface area contributed by atoms with Gasteiger partial charge in [0.15, 0.2) is 5.78 Å². The van der Waals surface area contributed by atoms with Crippen LogP contribution in [0.15, 0.2) is 35.9 Å². The van der Waals surface area contributed by atoms with Crippen molar-refractivity contribution in [3.05, 3.63) is 58.2 Å². The van der Waals surface area contributed by atoms with E-state index in [1.54, 1.807) is 14.0 Å². The molecule has 5 nitrogen and oxygen atoms in total. The van der Waals surface area contributed by atoms with Gasteiger partial charge in [0.1, 0.15) is 34.7 Å². The molecule has 2 aromatic carbocycles. The Labute approximate surface area is 158 Å². The van der Waals surface area contributed by atoms with E-state index in [-0.39, 0.29) is 35.0 Å². The van der Waals surface area contributed by atoms with Crippen molar-refractivity contribution in [2.75, 3.05) is 7.11 Å². The summed E-state index contributed by atoms with van der Waals surface area (Å²) >= 11 is 0. The molecule has 2 aromatic rings. The molecule has 1 heterocycles. The van der Waals surface area contributed by atoms with Crippen LogP contribution in [0.2, 0.25) is 0 Å². The van der Waals surface area contributed by atoms with Crippen LogP contribution in [0, 0.1) is 6.92 Å². The molecule has 5 heteroatoms. The molecule has 0 saturated carbocycles. The zero-order chi connectivity index (χ0) is 19.7. The first-order valence-corrected chi connectivity index (χ1v) is 8.88. The monoisotopic (exact) mass is 368 g/mol. The van der Waals surface area contributed by atoms with E-state index in [4.69, 9.17) is 9.47 Å². The van der Waals surface area contributed by atoms with Crippen LogP contribution in [0.3, 0.4) is 0 Å². The summed E-state index contributed by atoms with van der Waals surface area (Å²) in [6.45, 7) is 5.52. The standard InChI is InChI=1S/C22H24O5/c1-12(2)5-10-16-20(24)13(3)21(25)19-17(23)11-18(27-22(16)19)14-6-8-15(26-4)9-7-14/h5-9,18,24-25H,10-11H2,1-4H3/t18-/m0/s1. The van der Waals surface area contributed by atoms with Crippen LogP contribution in [0.1, 0.15) is 53.4 Å². The Hall–Kier alpha value is -2.95. The van der Waals surface area contributed by atoms with E-state index in [0.29, 0.717) is 17.5 Å². The number of rotatable bonds is 4. The molecular formula is C22H24O5. The van der Waals surface area contributed by atoms with Gasteiger partial charge in [0.05, 0.1) is 13.5 Å². The zero-order valence-electron chi connectivity index (χ0n) is 16.0. The number of benzene rings is 2. The van der Waals surface area contributed by atoms with Crippen molar-refractivity contribution in [3.63, 3.8) is 0 Å². The van der Waals surface area contributed by atoms with Crippen molar-refractivity contribution in [1.29, 1.82) is 0 Å². The lowest BCUT2D eigenvalue weighted by Crippen LogP contribution is -2.22. The second-order valence-corrected chi connectivity index (χ2v) is 7.00. The summed E-state index contributed by atoms with van der Waals surface area (Å²) in [5.74, 6) is 0.547. The maximum Gasteiger partial charge on any atom is 0.174 e. The van der Waals surface area contributed by atoms with Gasteiger partial charge in [-0.15, -0.1) is 0 Å². The molecule has 1 aliphatic heterocycles. The summed E-state index contributed by atoms with van der Waals surface area (Å²) < 4.78 is 11.3. The summed E-state index contributed by atoms with van der Waals surface area (Å²) in [4.78, 5) is 12.8. The first-order valence-electron chi connectivity index (χ1n) is 8.88. The van der Waals surface area contributed by atoms with Crippen molar-refractivity contribution in [3.8, 4) is 23.0 Å². The Balaban J connectivity index is 2.09. The van der Waals surface area contributed by atoms with E-state index < -0.39 is 6.10 Å². The number of hydrogen-bond acceptors (Lipinski definition) is 5. The molecular weight excluding hydrogens is 344 g/mol. The number of ketones is 1. The molecule has 0 spiro atoms. The minimum Gasteiger partial charge on any atom is -0.507 e. The SMILES string of the molecule is COc1ccc([C@@H]2CC(=O)c3c(O)c(C)c(O)c(CC=C(C)C)c3O2)cc1. The molecule has 2 N–H and O–H groups in total. The van der Waals surface area contributed by atoms with Crippen LogP contribution in [0.25, 0.3) is 0 Å². The Morgan fingerprint density at radius 2 is 1.89 bits per heavy atom. The summed E-state index contributed by atoms with van der Waals surface area (Å²) in [6.07, 6.45) is 2.01. The molecule has 3 rings (SSSR count).